The summed E-state index contributed by atoms with van der Waals surface area (Å²) in [4.78, 5) is 12.2. The van der Waals surface area contributed by atoms with Crippen LogP contribution >= 0.6 is 12.4 Å². The van der Waals surface area contributed by atoms with E-state index >= 15 is 0 Å². The highest BCUT2D eigenvalue weighted by atomic mass is 35.5. The second-order valence-electron chi connectivity index (χ2n) is 5.41. The molecular weight excluding hydrogens is 260 g/mol. The normalized spacial score (nSPS) is 18.5. The van der Waals surface area contributed by atoms with Crippen LogP contribution in [0.5, 0.6) is 0 Å². The van der Waals surface area contributed by atoms with E-state index in [2.05, 4.69) is 24.4 Å². The van der Waals surface area contributed by atoms with E-state index in [0.29, 0.717) is 0 Å². The third-order valence-corrected chi connectivity index (χ3v) is 3.95. The Morgan fingerprint density at radius 2 is 1.89 bits per heavy atom. The van der Waals surface area contributed by atoms with Gasteiger partial charge in [-0.25, -0.2) is 0 Å². The Hall–Kier alpha value is -1.06. The van der Waals surface area contributed by atoms with Crippen LogP contribution in [0.3, 0.4) is 0 Å². The van der Waals surface area contributed by atoms with Gasteiger partial charge in [0.25, 0.3) is 0 Å². The van der Waals surface area contributed by atoms with Crippen LogP contribution in [0.15, 0.2) is 24.3 Å². The molecule has 4 heteroatoms. The number of benzene rings is 1. The number of aryl methyl sites for hydroxylation is 1. The first-order chi connectivity index (χ1) is 8.53. The molecule has 1 saturated carbocycles. The summed E-state index contributed by atoms with van der Waals surface area (Å²) in [5.41, 5.74) is 7.87. The molecule has 0 aliphatic heterocycles. The Morgan fingerprint density at radius 3 is 2.47 bits per heavy atom. The summed E-state index contributed by atoms with van der Waals surface area (Å²) < 4.78 is 0. The first-order valence-electron chi connectivity index (χ1n) is 6.68. The number of rotatable bonds is 3. The van der Waals surface area contributed by atoms with Crippen LogP contribution in [0, 0.1) is 6.92 Å². The number of nitrogens with one attached hydrogen (secondary N) is 1. The van der Waals surface area contributed by atoms with Crippen molar-refractivity contribution in [1.82, 2.24) is 5.32 Å². The molecule has 0 spiro atoms. The van der Waals surface area contributed by atoms with Gasteiger partial charge in [0.05, 0.1) is 11.6 Å². The third kappa shape index (κ3) is 3.48. The quantitative estimate of drug-likeness (QED) is 0.896. The van der Waals surface area contributed by atoms with Crippen molar-refractivity contribution in [2.24, 2.45) is 5.73 Å². The number of carbonyl (C=O) groups is 1. The second-order valence-corrected chi connectivity index (χ2v) is 5.41. The zero-order chi connectivity index (χ0) is 13.2. The first kappa shape index (κ1) is 16.0. The maximum absolute atomic E-state index is 12.2. The lowest BCUT2D eigenvalue weighted by Crippen LogP contribution is -2.52. The molecule has 1 aliphatic carbocycles. The maximum atomic E-state index is 12.2. The zero-order valence-electron chi connectivity index (χ0n) is 11.6. The molecule has 1 aromatic carbocycles. The zero-order valence-corrected chi connectivity index (χ0v) is 12.4. The van der Waals surface area contributed by atoms with Gasteiger partial charge in [-0.05, 0) is 37.8 Å². The van der Waals surface area contributed by atoms with Crippen LogP contribution in [0.2, 0.25) is 0 Å². The van der Waals surface area contributed by atoms with E-state index in [0.717, 1.165) is 31.2 Å². The molecule has 0 bridgehead atoms. The van der Waals surface area contributed by atoms with E-state index in [-0.39, 0.29) is 24.4 Å². The molecule has 1 atom stereocenters. The van der Waals surface area contributed by atoms with Crippen molar-refractivity contribution in [1.29, 1.82) is 0 Å². The molecular formula is C15H23ClN2O. The lowest BCUT2D eigenvalue weighted by Gasteiger charge is -2.25. The van der Waals surface area contributed by atoms with Gasteiger partial charge in [0.2, 0.25) is 5.91 Å². The fourth-order valence-electron chi connectivity index (χ4n) is 2.72. The Balaban J connectivity index is 0.00000180. The number of hydrogen-bond acceptors (Lipinski definition) is 2. The highest BCUT2D eigenvalue weighted by Crippen LogP contribution is 2.28. The number of amides is 1. The highest BCUT2D eigenvalue weighted by Gasteiger charge is 2.37. The van der Waals surface area contributed by atoms with Gasteiger partial charge in [-0.1, -0.05) is 37.1 Å². The van der Waals surface area contributed by atoms with E-state index in [1.807, 2.05) is 19.1 Å². The molecule has 3 nitrogen and oxygen atoms in total. The Morgan fingerprint density at radius 1 is 1.32 bits per heavy atom. The summed E-state index contributed by atoms with van der Waals surface area (Å²) in [5, 5.41) is 3.06. The van der Waals surface area contributed by atoms with Gasteiger partial charge in [-0.3, -0.25) is 4.79 Å². The molecule has 1 amide bonds. The van der Waals surface area contributed by atoms with E-state index < -0.39 is 5.54 Å². The predicted octanol–water partition coefficient (Wildman–Crippen LogP) is 2.87. The minimum Gasteiger partial charge on any atom is -0.348 e. The number of carbonyl (C=O) groups excluding carboxylic acids is 1. The standard InChI is InChI=1S/C15H22N2O.ClH/c1-11-7-3-4-8-13(11)12(2)17-14(18)15(16)9-5-6-10-15;/h3-4,7-8,12H,5-6,9-10,16H2,1-2H3,(H,17,18);1H. The SMILES string of the molecule is Cc1ccccc1C(C)NC(=O)C1(N)CCCC1.Cl. The monoisotopic (exact) mass is 282 g/mol. The summed E-state index contributed by atoms with van der Waals surface area (Å²) in [6, 6.07) is 8.14. The van der Waals surface area contributed by atoms with Gasteiger partial charge in [-0.15, -0.1) is 12.4 Å². The van der Waals surface area contributed by atoms with Gasteiger partial charge in [0, 0.05) is 0 Å². The van der Waals surface area contributed by atoms with E-state index in [9.17, 15) is 4.79 Å². The lowest BCUT2D eigenvalue weighted by molar-refractivity contribution is -0.126. The summed E-state index contributed by atoms with van der Waals surface area (Å²) in [7, 11) is 0. The van der Waals surface area contributed by atoms with Gasteiger partial charge in [0.15, 0.2) is 0 Å². The summed E-state index contributed by atoms with van der Waals surface area (Å²) in [6.45, 7) is 4.07. The molecule has 0 radical (unpaired) electrons. The fourth-order valence-corrected chi connectivity index (χ4v) is 2.72. The van der Waals surface area contributed by atoms with Crippen LogP contribution in [0.1, 0.15) is 49.8 Å². The molecule has 0 aromatic heterocycles. The van der Waals surface area contributed by atoms with Gasteiger partial charge >= 0.3 is 0 Å². The van der Waals surface area contributed by atoms with E-state index in [1.54, 1.807) is 0 Å². The van der Waals surface area contributed by atoms with Crippen molar-refractivity contribution in [2.45, 2.75) is 51.1 Å². The molecule has 1 unspecified atom stereocenters. The molecule has 3 N–H and O–H groups in total. The molecule has 1 aromatic rings. The van der Waals surface area contributed by atoms with Crippen LogP contribution in [0.4, 0.5) is 0 Å². The van der Waals surface area contributed by atoms with Crippen molar-refractivity contribution < 1.29 is 4.79 Å². The smallest absolute Gasteiger partial charge is 0.240 e. The molecule has 0 heterocycles. The van der Waals surface area contributed by atoms with Crippen molar-refractivity contribution in [3.05, 3.63) is 35.4 Å². The topological polar surface area (TPSA) is 55.1 Å². The summed E-state index contributed by atoms with van der Waals surface area (Å²) >= 11 is 0. The molecule has 0 saturated heterocycles. The van der Waals surface area contributed by atoms with Crippen LogP contribution in [-0.4, -0.2) is 11.4 Å². The van der Waals surface area contributed by atoms with Crippen LogP contribution < -0.4 is 11.1 Å². The highest BCUT2D eigenvalue weighted by molar-refractivity contribution is 5.86. The predicted molar refractivity (Wildman–Crippen MR) is 80.4 cm³/mol. The van der Waals surface area contributed by atoms with Crippen LogP contribution in [0.25, 0.3) is 0 Å². The van der Waals surface area contributed by atoms with E-state index in [1.165, 1.54) is 5.56 Å². The maximum Gasteiger partial charge on any atom is 0.240 e. The minimum atomic E-state index is -0.642. The number of hydrogen-bond donors (Lipinski definition) is 2. The second kappa shape index (κ2) is 6.40. The molecule has 1 fully saturated rings. The van der Waals surface area contributed by atoms with Gasteiger partial charge in [-0.2, -0.15) is 0 Å². The number of nitrogens with two attached hydrogens (primary N) is 1. The molecule has 2 rings (SSSR count). The molecule has 19 heavy (non-hydrogen) atoms. The van der Waals surface area contributed by atoms with Crippen LogP contribution in [-0.2, 0) is 4.79 Å². The third-order valence-electron chi connectivity index (χ3n) is 3.95. The molecule has 106 valence electrons. The van der Waals surface area contributed by atoms with Crippen molar-refractivity contribution in [3.8, 4) is 0 Å². The Bertz CT molecular complexity index is 442. The summed E-state index contributed by atoms with van der Waals surface area (Å²) in [5.74, 6) is -0.00393. The van der Waals surface area contributed by atoms with Gasteiger partial charge < -0.3 is 11.1 Å². The van der Waals surface area contributed by atoms with Crippen molar-refractivity contribution in [2.75, 3.05) is 0 Å². The van der Waals surface area contributed by atoms with Crippen molar-refractivity contribution in [3.63, 3.8) is 0 Å². The minimum absolute atomic E-state index is 0. The number of halogens is 1. The van der Waals surface area contributed by atoms with Gasteiger partial charge in [0.1, 0.15) is 0 Å². The average molecular weight is 283 g/mol. The fraction of sp³-hybridized carbons (Fsp3) is 0.533. The lowest BCUT2D eigenvalue weighted by atomic mass is 9.96. The molecule has 1 aliphatic rings. The Labute approximate surface area is 121 Å². The van der Waals surface area contributed by atoms with Crippen molar-refractivity contribution >= 4 is 18.3 Å². The first-order valence-corrected chi connectivity index (χ1v) is 6.68. The Kier molecular flexibility index (Phi) is 5.39. The summed E-state index contributed by atoms with van der Waals surface area (Å²) in [6.07, 6.45) is 3.73. The average Bonchev–Trinajstić information content (AvgIpc) is 2.78. The largest absolute Gasteiger partial charge is 0.348 e. The van der Waals surface area contributed by atoms with E-state index in [4.69, 9.17) is 5.73 Å².